The molecule has 0 unspecified atom stereocenters. The number of benzene rings is 1. The summed E-state index contributed by atoms with van der Waals surface area (Å²) in [7, 11) is 0. The summed E-state index contributed by atoms with van der Waals surface area (Å²) >= 11 is 0. The molecule has 0 radical (unpaired) electrons. The lowest BCUT2D eigenvalue weighted by Gasteiger charge is -2.35. The number of anilines is 2. The van der Waals surface area contributed by atoms with Crippen molar-refractivity contribution in [3.05, 3.63) is 42.6 Å². The molecule has 1 aromatic carbocycles. The maximum atomic E-state index is 5.64. The summed E-state index contributed by atoms with van der Waals surface area (Å²) in [4.78, 5) is 19.2. The molecular formula is C22H25N5O2. The molecule has 7 nitrogen and oxygen atoms in total. The van der Waals surface area contributed by atoms with E-state index in [-0.39, 0.29) is 6.04 Å². The summed E-state index contributed by atoms with van der Waals surface area (Å²) in [5.74, 6) is 1.71. The van der Waals surface area contributed by atoms with E-state index < -0.39 is 0 Å². The van der Waals surface area contributed by atoms with Crippen LogP contribution in [0, 0.1) is 0 Å². The zero-order valence-corrected chi connectivity index (χ0v) is 16.6. The first kappa shape index (κ1) is 18.3. The van der Waals surface area contributed by atoms with E-state index in [4.69, 9.17) is 24.4 Å². The number of morpholine rings is 2. The van der Waals surface area contributed by atoms with E-state index >= 15 is 0 Å². The lowest BCUT2D eigenvalue weighted by molar-refractivity contribution is 0.0986. The Labute approximate surface area is 170 Å². The van der Waals surface area contributed by atoms with Crippen LogP contribution in [0.5, 0.6) is 0 Å². The van der Waals surface area contributed by atoms with Gasteiger partial charge >= 0.3 is 0 Å². The Morgan fingerprint density at radius 1 is 0.966 bits per heavy atom. The number of pyridine rings is 1. The maximum absolute atomic E-state index is 5.64. The van der Waals surface area contributed by atoms with Crippen molar-refractivity contribution < 1.29 is 9.47 Å². The fraction of sp³-hybridized carbons (Fsp3) is 0.409. The second-order valence-electron chi connectivity index (χ2n) is 7.52. The monoisotopic (exact) mass is 391 g/mol. The smallest absolute Gasteiger partial charge is 0.228 e. The summed E-state index contributed by atoms with van der Waals surface area (Å²) in [6, 6.07) is 12.6. The van der Waals surface area contributed by atoms with Gasteiger partial charge in [0.15, 0.2) is 0 Å². The van der Waals surface area contributed by atoms with E-state index in [1.165, 1.54) is 0 Å². The van der Waals surface area contributed by atoms with E-state index in [1.807, 2.05) is 24.4 Å². The highest BCUT2D eigenvalue weighted by Crippen LogP contribution is 2.31. The van der Waals surface area contributed by atoms with E-state index in [0.717, 1.165) is 53.6 Å². The Bertz CT molecular complexity index is 991. The fourth-order valence-electron chi connectivity index (χ4n) is 3.93. The molecule has 3 aromatic rings. The zero-order valence-electron chi connectivity index (χ0n) is 16.6. The van der Waals surface area contributed by atoms with Crippen LogP contribution in [0.3, 0.4) is 0 Å². The summed E-state index contributed by atoms with van der Waals surface area (Å²) in [5.41, 5.74) is 2.93. The predicted octanol–water partition coefficient (Wildman–Crippen LogP) is 2.75. The number of ether oxygens (including phenoxy) is 2. The quantitative estimate of drug-likeness (QED) is 0.680. The average molecular weight is 391 g/mol. The van der Waals surface area contributed by atoms with Crippen LogP contribution in [0.1, 0.15) is 6.92 Å². The molecule has 0 saturated carbocycles. The third-order valence-corrected chi connectivity index (χ3v) is 5.55. The van der Waals surface area contributed by atoms with Gasteiger partial charge in [0.05, 0.1) is 49.1 Å². The van der Waals surface area contributed by atoms with Crippen LogP contribution in [-0.2, 0) is 9.47 Å². The van der Waals surface area contributed by atoms with Gasteiger partial charge in [0.1, 0.15) is 5.82 Å². The van der Waals surface area contributed by atoms with Crippen molar-refractivity contribution in [2.75, 3.05) is 55.9 Å². The predicted molar refractivity (Wildman–Crippen MR) is 113 cm³/mol. The van der Waals surface area contributed by atoms with Gasteiger partial charge in [0, 0.05) is 31.4 Å². The minimum absolute atomic E-state index is 0.258. The number of aromatic nitrogens is 3. The van der Waals surface area contributed by atoms with Gasteiger partial charge in [-0.05, 0) is 13.0 Å². The fourth-order valence-corrected chi connectivity index (χ4v) is 3.93. The molecule has 2 fully saturated rings. The molecule has 4 heterocycles. The van der Waals surface area contributed by atoms with Gasteiger partial charge in [-0.2, -0.15) is 4.98 Å². The van der Waals surface area contributed by atoms with Crippen LogP contribution in [-0.4, -0.2) is 67.1 Å². The Balaban J connectivity index is 1.64. The maximum Gasteiger partial charge on any atom is 0.228 e. The van der Waals surface area contributed by atoms with Gasteiger partial charge in [-0.1, -0.05) is 30.3 Å². The molecule has 29 heavy (non-hydrogen) atoms. The normalized spacial score (nSPS) is 20.2. The molecule has 0 N–H and O–H groups in total. The third kappa shape index (κ3) is 3.63. The number of hydrogen-bond acceptors (Lipinski definition) is 7. The highest BCUT2D eigenvalue weighted by atomic mass is 16.5. The van der Waals surface area contributed by atoms with E-state index in [9.17, 15) is 0 Å². The topological polar surface area (TPSA) is 63.6 Å². The Morgan fingerprint density at radius 2 is 1.76 bits per heavy atom. The van der Waals surface area contributed by atoms with Crippen LogP contribution in [0.25, 0.3) is 22.2 Å². The first-order valence-corrected chi connectivity index (χ1v) is 10.2. The van der Waals surface area contributed by atoms with Gasteiger partial charge in [-0.15, -0.1) is 0 Å². The molecule has 5 rings (SSSR count). The van der Waals surface area contributed by atoms with Crippen molar-refractivity contribution in [3.63, 3.8) is 0 Å². The lowest BCUT2D eigenvalue weighted by Crippen LogP contribution is -2.44. The molecule has 2 aliphatic rings. The average Bonchev–Trinajstić information content (AvgIpc) is 2.79. The second kappa shape index (κ2) is 7.93. The van der Waals surface area contributed by atoms with Crippen molar-refractivity contribution in [1.82, 2.24) is 15.0 Å². The number of rotatable bonds is 3. The van der Waals surface area contributed by atoms with E-state index in [0.29, 0.717) is 26.4 Å². The standard InChI is InChI=1S/C22H25N5O2/c1-16-15-29-12-9-27(16)21-18-14-23-19(17-5-3-2-4-6-17)13-20(18)24-22(25-21)26-7-10-28-11-8-26/h2-6,13-14,16H,7-12,15H2,1H3/t16-/m0/s1. The number of nitrogens with zero attached hydrogens (tertiary/aromatic N) is 5. The van der Waals surface area contributed by atoms with Gasteiger partial charge in [0.25, 0.3) is 0 Å². The summed E-state index contributed by atoms with van der Waals surface area (Å²) in [6.07, 6.45) is 1.91. The lowest BCUT2D eigenvalue weighted by atomic mass is 10.1. The van der Waals surface area contributed by atoms with E-state index in [2.05, 4.69) is 34.9 Å². The first-order valence-electron chi connectivity index (χ1n) is 10.2. The van der Waals surface area contributed by atoms with Crippen molar-refractivity contribution in [1.29, 1.82) is 0 Å². The molecule has 2 saturated heterocycles. The first-order chi connectivity index (χ1) is 14.3. The van der Waals surface area contributed by atoms with Crippen LogP contribution in [0.2, 0.25) is 0 Å². The Morgan fingerprint density at radius 3 is 2.55 bits per heavy atom. The molecule has 0 spiro atoms. The van der Waals surface area contributed by atoms with Gasteiger partial charge in [0.2, 0.25) is 5.95 Å². The largest absolute Gasteiger partial charge is 0.378 e. The number of hydrogen-bond donors (Lipinski definition) is 0. The second-order valence-corrected chi connectivity index (χ2v) is 7.52. The molecule has 2 aliphatic heterocycles. The minimum atomic E-state index is 0.258. The molecular weight excluding hydrogens is 366 g/mol. The SMILES string of the molecule is C[C@H]1COCCN1c1nc(N2CCOCC2)nc2cc(-c3ccccc3)ncc12. The molecule has 0 amide bonds. The van der Waals surface area contributed by atoms with Gasteiger partial charge in [-0.25, -0.2) is 4.98 Å². The van der Waals surface area contributed by atoms with E-state index in [1.54, 1.807) is 0 Å². The molecule has 1 atom stereocenters. The van der Waals surface area contributed by atoms with Crippen molar-refractivity contribution in [2.45, 2.75) is 13.0 Å². The molecule has 0 bridgehead atoms. The highest BCUT2D eigenvalue weighted by molar-refractivity contribution is 5.92. The van der Waals surface area contributed by atoms with Crippen molar-refractivity contribution >= 4 is 22.7 Å². The number of fused-ring (bicyclic) bond motifs is 1. The highest BCUT2D eigenvalue weighted by Gasteiger charge is 2.25. The minimum Gasteiger partial charge on any atom is -0.378 e. The Kier molecular flexibility index (Phi) is 4.99. The third-order valence-electron chi connectivity index (χ3n) is 5.55. The van der Waals surface area contributed by atoms with Crippen molar-refractivity contribution in [3.8, 4) is 11.3 Å². The summed E-state index contributed by atoms with van der Waals surface area (Å²) < 4.78 is 11.2. The molecule has 7 heteroatoms. The van der Waals surface area contributed by atoms with Crippen LogP contribution >= 0.6 is 0 Å². The van der Waals surface area contributed by atoms with Gasteiger partial charge < -0.3 is 19.3 Å². The van der Waals surface area contributed by atoms with Gasteiger partial charge in [-0.3, -0.25) is 4.98 Å². The van der Waals surface area contributed by atoms with Crippen LogP contribution in [0.4, 0.5) is 11.8 Å². The Hall–Kier alpha value is -2.77. The summed E-state index contributed by atoms with van der Waals surface area (Å²) in [5, 5.41) is 0.982. The van der Waals surface area contributed by atoms with Crippen molar-refractivity contribution in [2.24, 2.45) is 0 Å². The van der Waals surface area contributed by atoms with Crippen LogP contribution in [0.15, 0.2) is 42.6 Å². The molecule has 2 aromatic heterocycles. The molecule has 0 aliphatic carbocycles. The zero-order chi connectivity index (χ0) is 19.6. The summed E-state index contributed by atoms with van der Waals surface area (Å²) in [6.45, 7) is 7.42. The molecule has 150 valence electrons. The van der Waals surface area contributed by atoms with Crippen LogP contribution < -0.4 is 9.80 Å².